The summed E-state index contributed by atoms with van der Waals surface area (Å²) in [7, 11) is 0. The van der Waals surface area contributed by atoms with Crippen LogP contribution in [0.5, 0.6) is 0 Å². The Morgan fingerprint density at radius 1 is 1.33 bits per heavy atom. The van der Waals surface area contributed by atoms with Gasteiger partial charge < -0.3 is 15.4 Å². The summed E-state index contributed by atoms with van der Waals surface area (Å²) < 4.78 is 18.6. The molecule has 0 saturated carbocycles. The third-order valence-electron chi connectivity index (χ3n) is 2.32. The molecule has 0 aliphatic carbocycles. The van der Waals surface area contributed by atoms with Crippen LogP contribution in [0, 0.1) is 5.82 Å². The Kier molecular flexibility index (Phi) is 5.54. The van der Waals surface area contributed by atoms with E-state index >= 15 is 0 Å². The van der Waals surface area contributed by atoms with Crippen molar-refractivity contribution < 1.29 is 18.7 Å². The van der Waals surface area contributed by atoms with Crippen LogP contribution in [-0.2, 0) is 9.53 Å². The lowest BCUT2D eigenvalue weighted by Gasteiger charge is -2.21. The molecule has 0 radical (unpaired) electrons. The third kappa shape index (κ3) is 5.99. The number of anilines is 1. The van der Waals surface area contributed by atoms with Crippen LogP contribution < -0.4 is 10.6 Å². The van der Waals surface area contributed by atoms with Crippen molar-refractivity contribution in [2.45, 2.75) is 39.3 Å². The molecule has 0 aliphatic rings. The number of nitrogens with one attached hydrogen (secondary N) is 2. The van der Waals surface area contributed by atoms with Crippen molar-refractivity contribution in [1.82, 2.24) is 5.32 Å². The Balaban J connectivity index is 2.61. The number of hydrogen-bond donors (Lipinski definition) is 2. The van der Waals surface area contributed by atoms with Gasteiger partial charge in [-0.3, -0.25) is 4.79 Å². The largest absolute Gasteiger partial charge is 0.444 e. The van der Waals surface area contributed by atoms with Crippen LogP contribution in [0.25, 0.3) is 0 Å². The molecular weight excluding hydrogens is 299 g/mol. The number of benzene rings is 1. The number of carbonyl (C=O) groups is 2. The zero-order valence-electron chi connectivity index (χ0n) is 12.3. The van der Waals surface area contributed by atoms with E-state index < -0.39 is 29.5 Å². The highest BCUT2D eigenvalue weighted by Crippen LogP contribution is 2.19. The number of rotatable bonds is 3. The van der Waals surface area contributed by atoms with E-state index in [1.165, 1.54) is 19.1 Å². The molecular formula is C14H18ClFN2O3. The second-order valence-electron chi connectivity index (χ2n) is 5.48. The van der Waals surface area contributed by atoms with Crippen LogP contribution >= 0.6 is 11.6 Å². The predicted molar refractivity (Wildman–Crippen MR) is 78.9 cm³/mol. The summed E-state index contributed by atoms with van der Waals surface area (Å²) in [6.07, 6.45) is -0.721. The topological polar surface area (TPSA) is 67.4 Å². The van der Waals surface area contributed by atoms with Crippen molar-refractivity contribution >= 4 is 29.3 Å². The highest BCUT2D eigenvalue weighted by atomic mass is 35.5. The standard InChI is InChI=1S/C14H18ClFN2O3/c1-8(17-13(20)21-14(2,3)4)12(19)18-11-6-5-9(15)7-10(11)16/h5-8H,1-4H3,(H,17,20)(H,18,19). The van der Waals surface area contributed by atoms with Gasteiger partial charge in [0, 0.05) is 5.02 Å². The number of halogens is 2. The Labute approximate surface area is 127 Å². The lowest BCUT2D eigenvalue weighted by atomic mass is 10.2. The number of alkyl carbamates (subject to hydrolysis) is 1. The Bertz CT molecular complexity index is 544. The van der Waals surface area contributed by atoms with Gasteiger partial charge in [0.1, 0.15) is 17.5 Å². The van der Waals surface area contributed by atoms with Crippen molar-refractivity contribution in [2.75, 3.05) is 5.32 Å². The van der Waals surface area contributed by atoms with E-state index in [0.29, 0.717) is 0 Å². The zero-order valence-corrected chi connectivity index (χ0v) is 13.0. The fourth-order valence-electron chi connectivity index (χ4n) is 1.38. The monoisotopic (exact) mass is 316 g/mol. The molecule has 0 aliphatic heterocycles. The van der Waals surface area contributed by atoms with E-state index in [0.717, 1.165) is 6.07 Å². The maximum absolute atomic E-state index is 13.5. The minimum atomic E-state index is -0.880. The molecule has 0 heterocycles. The quantitative estimate of drug-likeness (QED) is 0.898. The smallest absolute Gasteiger partial charge is 0.408 e. The Hall–Kier alpha value is -1.82. The lowest BCUT2D eigenvalue weighted by Crippen LogP contribution is -2.44. The molecule has 1 atom stereocenters. The molecule has 0 fully saturated rings. The van der Waals surface area contributed by atoms with E-state index in [-0.39, 0.29) is 10.7 Å². The van der Waals surface area contributed by atoms with E-state index in [1.807, 2.05) is 0 Å². The summed E-state index contributed by atoms with van der Waals surface area (Å²) in [5.41, 5.74) is -0.676. The van der Waals surface area contributed by atoms with Crippen LogP contribution in [0.15, 0.2) is 18.2 Å². The molecule has 21 heavy (non-hydrogen) atoms. The average Bonchev–Trinajstić information content (AvgIpc) is 2.29. The first-order valence-corrected chi connectivity index (χ1v) is 6.72. The van der Waals surface area contributed by atoms with Gasteiger partial charge in [0.05, 0.1) is 5.69 Å². The minimum absolute atomic E-state index is 0.0118. The van der Waals surface area contributed by atoms with Gasteiger partial charge in [-0.05, 0) is 45.9 Å². The van der Waals surface area contributed by atoms with Crippen molar-refractivity contribution in [3.8, 4) is 0 Å². The van der Waals surface area contributed by atoms with Gasteiger partial charge in [-0.1, -0.05) is 11.6 Å². The second-order valence-corrected chi connectivity index (χ2v) is 5.92. The van der Waals surface area contributed by atoms with Gasteiger partial charge in [0.25, 0.3) is 0 Å². The van der Waals surface area contributed by atoms with E-state index in [2.05, 4.69) is 10.6 Å². The summed E-state index contributed by atoms with van der Waals surface area (Å²) in [6.45, 7) is 6.59. The average molecular weight is 317 g/mol. The maximum atomic E-state index is 13.5. The van der Waals surface area contributed by atoms with Gasteiger partial charge in [-0.2, -0.15) is 0 Å². The van der Waals surface area contributed by atoms with Crippen LogP contribution in [0.1, 0.15) is 27.7 Å². The van der Waals surface area contributed by atoms with Crippen LogP contribution in [-0.4, -0.2) is 23.6 Å². The zero-order chi connectivity index (χ0) is 16.2. The highest BCUT2D eigenvalue weighted by Gasteiger charge is 2.21. The first-order chi connectivity index (χ1) is 9.58. The third-order valence-corrected chi connectivity index (χ3v) is 2.55. The van der Waals surface area contributed by atoms with Crippen molar-refractivity contribution in [1.29, 1.82) is 0 Å². The van der Waals surface area contributed by atoms with E-state index in [1.54, 1.807) is 20.8 Å². The molecule has 7 heteroatoms. The molecule has 0 aromatic heterocycles. The highest BCUT2D eigenvalue weighted by molar-refractivity contribution is 6.30. The number of amides is 2. The number of hydrogen-bond acceptors (Lipinski definition) is 3. The van der Waals surface area contributed by atoms with Gasteiger partial charge in [0.15, 0.2) is 0 Å². The first kappa shape index (κ1) is 17.2. The summed E-state index contributed by atoms with van der Waals surface area (Å²) in [5, 5.41) is 4.96. The molecule has 2 amide bonds. The van der Waals surface area contributed by atoms with Crippen molar-refractivity contribution in [2.24, 2.45) is 0 Å². The molecule has 1 aromatic carbocycles. The molecule has 0 bridgehead atoms. The molecule has 116 valence electrons. The summed E-state index contributed by atoms with van der Waals surface area (Å²) in [6, 6.07) is 3.00. The summed E-state index contributed by atoms with van der Waals surface area (Å²) in [4.78, 5) is 23.4. The fraction of sp³-hybridized carbons (Fsp3) is 0.429. The van der Waals surface area contributed by atoms with E-state index in [4.69, 9.17) is 16.3 Å². The van der Waals surface area contributed by atoms with Crippen LogP contribution in [0.2, 0.25) is 5.02 Å². The first-order valence-electron chi connectivity index (χ1n) is 6.34. The SMILES string of the molecule is CC(NC(=O)OC(C)(C)C)C(=O)Nc1ccc(Cl)cc1F. The molecule has 1 aromatic rings. The molecule has 0 spiro atoms. The molecule has 0 saturated heterocycles. The van der Waals surface area contributed by atoms with Gasteiger partial charge in [-0.25, -0.2) is 9.18 Å². The van der Waals surface area contributed by atoms with Crippen LogP contribution in [0.4, 0.5) is 14.9 Å². The van der Waals surface area contributed by atoms with Crippen molar-refractivity contribution in [3.05, 3.63) is 29.0 Å². The molecule has 5 nitrogen and oxygen atoms in total. The van der Waals surface area contributed by atoms with Crippen LogP contribution in [0.3, 0.4) is 0 Å². The molecule has 1 unspecified atom stereocenters. The van der Waals surface area contributed by atoms with Gasteiger partial charge >= 0.3 is 6.09 Å². The van der Waals surface area contributed by atoms with E-state index in [9.17, 15) is 14.0 Å². The van der Waals surface area contributed by atoms with Gasteiger partial charge in [-0.15, -0.1) is 0 Å². The summed E-state index contributed by atoms with van der Waals surface area (Å²) >= 11 is 5.62. The van der Waals surface area contributed by atoms with Gasteiger partial charge in [0.2, 0.25) is 5.91 Å². The molecule has 2 N–H and O–H groups in total. The lowest BCUT2D eigenvalue weighted by molar-refractivity contribution is -0.117. The number of carbonyl (C=O) groups excluding carboxylic acids is 2. The maximum Gasteiger partial charge on any atom is 0.408 e. The summed E-state index contributed by atoms with van der Waals surface area (Å²) in [5.74, 6) is -1.22. The normalized spacial score (nSPS) is 12.5. The minimum Gasteiger partial charge on any atom is -0.444 e. The van der Waals surface area contributed by atoms with Crippen molar-refractivity contribution in [3.63, 3.8) is 0 Å². The Morgan fingerprint density at radius 2 is 1.95 bits per heavy atom. The number of ether oxygens (including phenoxy) is 1. The fourth-order valence-corrected chi connectivity index (χ4v) is 1.54. The molecule has 1 rings (SSSR count). The predicted octanol–water partition coefficient (Wildman–Crippen LogP) is 3.33. The second kappa shape index (κ2) is 6.76. The Morgan fingerprint density at radius 3 is 2.48 bits per heavy atom.